The average molecular weight is 262 g/mol. The Morgan fingerprint density at radius 3 is 2.89 bits per heavy atom. The van der Waals surface area contributed by atoms with Gasteiger partial charge in [-0.15, -0.1) is 15.0 Å². The molecule has 0 atom stereocenters. The van der Waals surface area contributed by atoms with Gasteiger partial charge in [-0.2, -0.15) is 0 Å². The Hall–Kier alpha value is -2.64. The molecule has 1 aromatic heterocycles. The van der Waals surface area contributed by atoms with E-state index in [4.69, 9.17) is 14.6 Å². The molecule has 1 aliphatic heterocycles. The van der Waals surface area contributed by atoms with Gasteiger partial charge >= 0.3 is 5.97 Å². The summed E-state index contributed by atoms with van der Waals surface area (Å²) in [7, 11) is 0. The largest absolute Gasteiger partial charge is 0.486 e. The van der Waals surface area contributed by atoms with Gasteiger partial charge in [0, 0.05) is 6.07 Å². The first-order valence-electron chi connectivity index (χ1n) is 5.63. The van der Waals surface area contributed by atoms with E-state index in [9.17, 15) is 4.79 Å². The van der Waals surface area contributed by atoms with E-state index in [1.54, 1.807) is 18.2 Å². The fourth-order valence-electron chi connectivity index (χ4n) is 1.72. The van der Waals surface area contributed by atoms with Crippen LogP contribution in [0, 0.1) is 0 Å². The number of rotatable bonds is 3. The Morgan fingerprint density at radius 2 is 2.11 bits per heavy atom. The predicted molar refractivity (Wildman–Crippen MR) is 61.5 cm³/mol. The number of carbonyl (C=O) groups is 1. The van der Waals surface area contributed by atoms with Gasteiger partial charge in [0.2, 0.25) is 0 Å². The molecule has 3 rings (SSSR count). The van der Waals surface area contributed by atoms with Crippen molar-refractivity contribution in [1.29, 1.82) is 0 Å². The van der Waals surface area contributed by atoms with Gasteiger partial charge in [0.25, 0.3) is 0 Å². The number of hydrogen-bond donors (Lipinski definition) is 1. The van der Waals surface area contributed by atoms with Crippen molar-refractivity contribution in [3.05, 3.63) is 24.0 Å². The lowest BCUT2D eigenvalue weighted by molar-refractivity contribution is -0.136. The normalized spacial score (nSPS) is 13.3. The van der Waals surface area contributed by atoms with Crippen molar-refractivity contribution < 1.29 is 19.4 Å². The minimum atomic E-state index is -0.998. The van der Waals surface area contributed by atoms with Gasteiger partial charge in [-0.3, -0.25) is 4.79 Å². The maximum absolute atomic E-state index is 10.6. The molecule has 98 valence electrons. The van der Waals surface area contributed by atoms with E-state index in [1.165, 1.54) is 4.80 Å². The molecule has 0 bridgehead atoms. The van der Waals surface area contributed by atoms with Crippen LogP contribution in [0.5, 0.6) is 11.5 Å². The van der Waals surface area contributed by atoms with Gasteiger partial charge in [-0.05, 0) is 17.3 Å². The van der Waals surface area contributed by atoms with Crippen LogP contribution in [-0.2, 0) is 11.2 Å². The van der Waals surface area contributed by atoms with Gasteiger partial charge in [-0.25, -0.2) is 0 Å². The van der Waals surface area contributed by atoms with Crippen LogP contribution in [0.1, 0.15) is 5.82 Å². The van der Waals surface area contributed by atoms with E-state index in [-0.39, 0.29) is 12.2 Å². The van der Waals surface area contributed by atoms with Crippen molar-refractivity contribution >= 4 is 5.97 Å². The smallest absolute Gasteiger partial charge is 0.311 e. The summed E-state index contributed by atoms with van der Waals surface area (Å²) in [5.41, 5.74) is 0.633. The molecule has 0 amide bonds. The van der Waals surface area contributed by atoms with Crippen molar-refractivity contribution in [3.8, 4) is 17.2 Å². The number of aliphatic carboxylic acids is 1. The molecule has 0 radical (unpaired) electrons. The summed E-state index contributed by atoms with van der Waals surface area (Å²) < 4.78 is 10.9. The molecule has 19 heavy (non-hydrogen) atoms. The zero-order valence-electron chi connectivity index (χ0n) is 9.81. The summed E-state index contributed by atoms with van der Waals surface area (Å²) in [5.74, 6) is 0.436. The van der Waals surface area contributed by atoms with E-state index in [0.717, 1.165) is 0 Å². The number of benzene rings is 1. The molecule has 0 aliphatic carbocycles. The van der Waals surface area contributed by atoms with Crippen molar-refractivity contribution in [1.82, 2.24) is 20.2 Å². The summed E-state index contributed by atoms with van der Waals surface area (Å²) in [6.45, 7) is 1.02. The Morgan fingerprint density at radius 1 is 1.32 bits per heavy atom. The second-order valence-corrected chi connectivity index (χ2v) is 3.89. The molecule has 0 saturated carbocycles. The predicted octanol–water partition coefficient (Wildman–Crippen LogP) is 0.0606. The highest BCUT2D eigenvalue weighted by Crippen LogP contribution is 2.31. The monoisotopic (exact) mass is 262 g/mol. The summed E-state index contributed by atoms with van der Waals surface area (Å²) in [6, 6.07) is 5.23. The number of nitrogens with zero attached hydrogens (tertiary/aromatic N) is 4. The maximum atomic E-state index is 10.6. The molecule has 0 spiro atoms. The number of fused-ring (bicyclic) bond motifs is 1. The van der Waals surface area contributed by atoms with E-state index < -0.39 is 5.97 Å². The fraction of sp³-hybridized carbons (Fsp3) is 0.273. The SMILES string of the molecule is O=C(O)Cc1nnn(-c2ccc3c(c2)OCCO3)n1. The average Bonchev–Trinajstić information content (AvgIpc) is 2.86. The van der Waals surface area contributed by atoms with Crippen molar-refractivity contribution in [2.24, 2.45) is 0 Å². The van der Waals surface area contributed by atoms with Gasteiger partial charge < -0.3 is 14.6 Å². The first-order valence-corrected chi connectivity index (χ1v) is 5.63. The van der Waals surface area contributed by atoms with Crippen LogP contribution in [0.15, 0.2) is 18.2 Å². The number of carboxylic acids is 1. The van der Waals surface area contributed by atoms with Crippen LogP contribution in [0.4, 0.5) is 0 Å². The van der Waals surface area contributed by atoms with Crippen molar-refractivity contribution in [2.75, 3.05) is 13.2 Å². The van der Waals surface area contributed by atoms with Crippen LogP contribution in [0.3, 0.4) is 0 Å². The Kier molecular flexibility index (Phi) is 2.75. The lowest BCUT2D eigenvalue weighted by Gasteiger charge is -2.18. The highest BCUT2D eigenvalue weighted by Gasteiger charge is 2.14. The molecule has 1 aliphatic rings. The third-order valence-corrected chi connectivity index (χ3v) is 2.52. The topological polar surface area (TPSA) is 99.4 Å². The minimum absolute atomic E-state index is 0.155. The van der Waals surface area contributed by atoms with Gasteiger partial charge in [0.1, 0.15) is 19.6 Å². The van der Waals surface area contributed by atoms with E-state index >= 15 is 0 Å². The second kappa shape index (κ2) is 4.56. The minimum Gasteiger partial charge on any atom is -0.486 e. The van der Waals surface area contributed by atoms with Gasteiger partial charge in [-0.1, -0.05) is 0 Å². The third kappa shape index (κ3) is 2.32. The standard InChI is InChI=1S/C11H10N4O4/c16-11(17)6-10-12-14-15(13-10)7-1-2-8-9(5-7)19-4-3-18-8/h1-2,5H,3-4,6H2,(H,16,17). The molecule has 1 aromatic carbocycles. The van der Waals surface area contributed by atoms with Crippen LogP contribution >= 0.6 is 0 Å². The van der Waals surface area contributed by atoms with E-state index in [1.807, 2.05) is 0 Å². The van der Waals surface area contributed by atoms with Crippen LogP contribution < -0.4 is 9.47 Å². The summed E-state index contributed by atoms with van der Waals surface area (Å²) in [5, 5.41) is 20.1. The lowest BCUT2D eigenvalue weighted by Crippen LogP contribution is -2.15. The number of aromatic nitrogens is 4. The first kappa shape index (κ1) is 11.5. The number of hydrogen-bond acceptors (Lipinski definition) is 6. The Bertz CT molecular complexity index is 625. The number of tetrazole rings is 1. The first-order chi connectivity index (χ1) is 9.22. The molecular formula is C11H10N4O4. The molecule has 0 fully saturated rings. The lowest BCUT2D eigenvalue weighted by atomic mass is 10.2. The van der Waals surface area contributed by atoms with Crippen LogP contribution in [-0.4, -0.2) is 44.5 Å². The quantitative estimate of drug-likeness (QED) is 0.834. The molecule has 8 nitrogen and oxygen atoms in total. The zero-order valence-corrected chi connectivity index (χ0v) is 9.81. The highest BCUT2D eigenvalue weighted by molar-refractivity contribution is 5.68. The summed E-state index contributed by atoms with van der Waals surface area (Å²) in [4.78, 5) is 11.8. The summed E-state index contributed by atoms with van der Waals surface area (Å²) >= 11 is 0. The highest BCUT2D eigenvalue weighted by atomic mass is 16.6. The molecule has 0 saturated heterocycles. The van der Waals surface area contributed by atoms with Gasteiger partial charge in [0.15, 0.2) is 17.3 Å². The van der Waals surface area contributed by atoms with E-state index in [2.05, 4.69) is 15.4 Å². The van der Waals surface area contributed by atoms with Crippen molar-refractivity contribution in [3.63, 3.8) is 0 Å². The molecule has 1 N–H and O–H groups in total. The second-order valence-electron chi connectivity index (χ2n) is 3.89. The third-order valence-electron chi connectivity index (χ3n) is 2.52. The molecule has 2 aromatic rings. The van der Waals surface area contributed by atoms with Crippen LogP contribution in [0.25, 0.3) is 5.69 Å². The number of ether oxygens (including phenoxy) is 2. The fourth-order valence-corrected chi connectivity index (χ4v) is 1.72. The maximum Gasteiger partial charge on any atom is 0.311 e. The van der Waals surface area contributed by atoms with E-state index in [0.29, 0.717) is 30.4 Å². The number of carboxylic acid groups (broad SMARTS) is 1. The molecule has 2 heterocycles. The zero-order chi connectivity index (χ0) is 13.2. The van der Waals surface area contributed by atoms with Gasteiger partial charge in [0.05, 0.1) is 5.69 Å². The van der Waals surface area contributed by atoms with Crippen LogP contribution in [0.2, 0.25) is 0 Å². The molecule has 8 heteroatoms. The molecular weight excluding hydrogens is 252 g/mol. The summed E-state index contributed by atoms with van der Waals surface area (Å²) in [6.07, 6.45) is -0.259. The van der Waals surface area contributed by atoms with Crippen molar-refractivity contribution in [2.45, 2.75) is 6.42 Å². The molecule has 0 unspecified atom stereocenters. The Balaban J connectivity index is 1.89. The Labute approximate surface area is 107 Å².